The Morgan fingerprint density at radius 1 is 1.53 bits per heavy atom. The van der Waals surface area contributed by atoms with Crippen LogP contribution in [-0.4, -0.2) is 15.6 Å². The first kappa shape index (κ1) is 12.6. The minimum absolute atomic E-state index is 0.391. The highest BCUT2D eigenvalue weighted by Crippen LogP contribution is 2.25. The van der Waals surface area contributed by atoms with Gasteiger partial charge in [-0.2, -0.15) is 0 Å². The number of aryl methyl sites for hydroxylation is 1. The quantitative estimate of drug-likeness (QED) is 0.928. The molecule has 0 aliphatic rings. The van der Waals surface area contributed by atoms with Gasteiger partial charge in [-0.25, -0.2) is 4.98 Å². The molecule has 3 nitrogen and oxygen atoms in total. The van der Waals surface area contributed by atoms with Crippen molar-refractivity contribution >= 4 is 33.2 Å². The smallest absolute Gasteiger partial charge is 0.203 e. The number of nitrogens with one attached hydrogen (secondary N) is 1. The minimum Gasteiger partial charge on any atom is -0.353 e. The number of anilines is 1. The van der Waals surface area contributed by atoms with Crippen LogP contribution >= 0.6 is 27.3 Å². The largest absolute Gasteiger partial charge is 0.353 e. The average Bonchev–Trinajstić information content (AvgIpc) is 2.75. The molecule has 0 saturated heterocycles. The number of halogens is 1. The summed E-state index contributed by atoms with van der Waals surface area (Å²) < 4.78 is 3.33. The number of imidazole rings is 1. The van der Waals surface area contributed by atoms with E-state index >= 15 is 0 Å². The highest BCUT2D eigenvalue weighted by molar-refractivity contribution is 9.10. The highest BCUT2D eigenvalue weighted by Gasteiger charge is 2.09. The summed E-state index contributed by atoms with van der Waals surface area (Å²) in [6, 6.07) is 2.47. The topological polar surface area (TPSA) is 29.9 Å². The van der Waals surface area contributed by atoms with Gasteiger partial charge in [0.05, 0.1) is 12.2 Å². The molecule has 0 spiro atoms. The van der Waals surface area contributed by atoms with Gasteiger partial charge in [-0.3, -0.25) is 0 Å². The summed E-state index contributed by atoms with van der Waals surface area (Å²) in [7, 11) is 0. The maximum Gasteiger partial charge on any atom is 0.203 e. The molecular weight excluding hydrogens is 298 g/mol. The standard InChI is InChI=1S/C12H16BrN3S/c1-8(2)14-12-15-9(3)6-16(12)7-11-10(13)4-5-17-11/h4-6,8H,7H2,1-3H3,(H,14,15). The van der Waals surface area contributed by atoms with Crippen molar-refractivity contribution in [3.63, 3.8) is 0 Å². The lowest BCUT2D eigenvalue weighted by molar-refractivity contribution is 0.780. The van der Waals surface area contributed by atoms with Crippen LogP contribution in [0.15, 0.2) is 22.1 Å². The van der Waals surface area contributed by atoms with E-state index in [0.29, 0.717) is 6.04 Å². The zero-order chi connectivity index (χ0) is 12.4. The molecular formula is C12H16BrN3S. The molecule has 0 aliphatic heterocycles. The SMILES string of the molecule is Cc1cn(Cc2sccc2Br)c(NC(C)C)n1. The Bertz CT molecular complexity index is 502. The molecule has 2 aromatic heterocycles. The van der Waals surface area contributed by atoms with Gasteiger partial charge in [0, 0.05) is 21.6 Å². The van der Waals surface area contributed by atoms with Crippen LogP contribution in [-0.2, 0) is 6.54 Å². The van der Waals surface area contributed by atoms with Crippen LogP contribution in [0.2, 0.25) is 0 Å². The molecule has 0 amide bonds. The lowest BCUT2D eigenvalue weighted by atomic mass is 10.4. The van der Waals surface area contributed by atoms with E-state index in [1.807, 2.05) is 6.92 Å². The molecule has 0 bridgehead atoms. The van der Waals surface area contributed by atoms with Crippen molar-refractivity contribution in [2.75, 3.05) is 5.32 Å². The van der Waals surface area contributed by atoms with Crippen LogP contribution in [0, 0.1) is 6.92 Å². The van der Waals surface area contributed by atoms with Crippen LogP contribution in [0.25, 0.3) is 0 Å². The monoisotopic (exact) mass is 313 g/mol. The Labute approximate surface area is 114 Å². The van der Waals surface area contributed by atoms with E-state index in [2.05, 4.69) is 62.3 Å². The van der Waals surface area contributed by atoms with Crippen molar-refractivity contribution in [1.29, 1.82) is 0 Å². The molecule has 17 heavy (non-hydrogen) atoms. The normalized spacial score (nSPS) is 11.1. The van der Waals surface area contributed by atoms with E-state index in [9.17, 15) is 0 Å². The number of aromatic nitrogens is 2. The fourth-order valence-electron chi connectivity index (χ4n) is 1.63. The van der Waals surface area contributed by atoms with Crippen LogP contribution < -0.4 is 5.32 Å². The molecule has 1 N–H and O–H groups in total. The Morgan fingerprint density at radius 2 is 2.29 bits per heavy atom. The number of rotatable bonds is 4. The van der Waals surface area contributed by atoms with Gasteiger partial charge in [0.25, 0.3) is 0 Å². The summed E-state index contributed by atoms with van der Waals surface area (Å²) in [5.41, 5.74) is 1.04. The molecule has 2 rings (SSSR count). The molecule has 0 unspecified atom stereocenters. The van der Waals surface area contributed by atoms with Crippen molar-refractivity contribution in [2.45, 2.75) is 33.4 Å². The average molecular weight is 314 g/mol. The second-order valence-electron chi connectivity index (χ2n) is 4.32. The molecule has 0 aliphatic carbocycles. The van der Waals surface area contributed by atoms with E-state index in [0.717, 1.165) is 18.2 Å². The molecule has 0 atom stereocenters. The Hall–Kier alpha value is -0.810. The van der Waals surface area contributed by atoms with Gasteiger partial charge in [0.1, 0.15) is 0 Å². The fourth-order valence-corrected chi connectivity index (χ4v) is 3.11. The van der Waals surface area contributed by atoms with Crippen molar-refractivity contribution in [3.05, 3.63) is 32.7 Å². The van der Waals surface area contributed by atoms with Crippen LogP contribution in [0.4, 0.5) is 5.95 Å². The first-order chi connectivity index (χ1) is 8.06. The third-order valence-corrected chi connectivity index (χ3v) is 4.23. The van der Waals surface area contributed by atoms with Gasteiger partial charge in [0.2, 0.25) is 5.95 Å². The number of hydrogen-bond acceptors (Lipinski definition) is 3. The van der Waals surface area contributed by atoms with Crippen molar-refractivity contribution in [1.82, 2.24) is 9.55 Å². The fraction of sp³-hybridized carbons (Fsp3) is 0.417. The third kappa shape index (κ3) is 3.10. The van der Waals surface area contributed by atoms with E-state index in [1.165, 1.54) is 9.35 Å². The van der Waals surface area contributed by atoms with Crippen LogP contribution in [0.5, 0.6) is 0 Å². The Kier molecular flexibility index (Phi) is 3.89. The molecule has 2 aromatic rings. The summed E-state index contributed by atoms with van der Waals surface area (Å²) >= 11 is 5.32. The van der Waals surface area contributed by atoms with Gasteiger partial charge >= 0.3 is 0 Å². The van der Waals surface area contributed by atoms with E-state index in [1.54, 1.807) is 11.3 Å². The minimum atomic E-state index is 0.391. The maximum atomic E-state index is 4.50. The Morgan fingerprint density at radius 3 is 2.88 bits per heavy atom. The van der Waals surface area contributed by atoms with Crippen molar-refractivity contribution in [2.24, 2.45) is 0 Å². The molecule has 0 aromatic carbocycles. The van der Waals surface area contributed by atoms with Crippen LogP contribution in [0.1, 0.15) is 24.4 Å². The predicted octanol–water partition coefficient (Wildman–Crippen LogP) is 3.88. The second-order valence-corrected chi connectivity index (χ2v) is 6.18. The van der Waals surface area contributed by atoms with Crippen LogP contribution in [0.3, 0.4) is 0 Å². The zero-order valence-electron chi connectivity index (χ0n) is 10.2. The van der Waals surface area contributed by atoms with Crippen molar-refractivity contribution < 1.29 is 0 Å². The number of hydrogen-bond donors (Lipinski definition) is 1. The summed E-state index contributed by atoms with van der Waals surface area (Å²) in [4.78, 5) is 5.82. The summed E-state index contributed by atoms with van der Waals surface area (Å²) in [6.07, 6.45) is 2.08. The van der Waals surface area contributed by atoms with Gasteiger partial charge < -0.3 is 9.88 Å². The summed E-state index contributed by atoms with van der Waals surface area (Å²) in [6.45, 7) is 7.12. The molecule has 0 saturated carbocycles. The second kappa shape index (κ2) is 5.23. The maximum absolute atomic E-state index is 4.50. The Balaban J connectivity index is 2.23. The molecule has 5 heteroatoms. The molecule has 0 fully saturated rings. The van der Waals surface area contributed by atoms with E-state index in [4.69, 9.17) is 0 Å². The summed E-state index contributed by atoms with van der Waals surface area (Å²) in [5.74, 6) is 0.942. The number of thiophene rings is 1. The van der Waals surface area contributed by atoms with Crippen molar-refractivity contribution in [3.8, 4) is 0 Å². The van der Waals surface area contributed by atoms with Gasteiger partial charge in [-0.1, -0.05) is 0 Å². The van der Waals surface area contributed by atoms with Gasteiger partial charge in [-0.15, -0.1) is 11.3 Å². The molecule has 2 heterocycles. The number of nitrogens with zero attached hydrogens (tertiary/aromatic N) is 2. The molecule has 92 valence electrons. The van der Waals surface area contributed by atoms with Gasteiger partial charge in [0.15, 0.2) is 0 Å². The zero-order valence-corrected chi connectivity index (χ0v) is 12.6. The predicted molar refractivity (Wildman–Crippen MR) is 76.8 cm³/mol. The van der Waals surface area contributed by atoms with E-state index < -0.39 is 0 Å². The van der Waals surface area contributed by atoms with E-state index in [-0.39, 0.29) is 0 Å². The first-order valence-electron chi connectivity index (χ1n) is 5.58. The molecule has 0 radical (unpaired) electrons. The lowest BCUT2D eigenvalue weighted by Gasteiger charge is -2.11. The lowest BCUT2D eigenvalue weighted by Crippen LogP contribution is -2.14. The highest BCUT2D eigenvalue weighted by atomic mass is 79.9. The van der Waals surface area contributed by atoms with Gasteiger partial charge in [-0.05, 0) is 48.1 Å². The third-order valence-electron chi connectivity index (χ3n) is 2.32. The first-order valence-corrected chi connectivity index (χ1v) is 7.25. The summed E-state index contributed by atoms with van der Waals surface area (Å²) in [5, 5.41) is 5.46.